The Hall–Kier alpha value is -3.79. The molecule has 4 N–H and O–H groups in total. The van der Waals surface area contributed by atoms with Gasteiger partial charge in [-0.1, -0.05) is 11.6 Å². The third-order valence-electron chi connectivity index (χ3n) is 3.56. The van der Waals surface area contributed by atoms with E-state index in [2.05, 4.69) is 26.5 Å². The molecule has 1 heterocycles. The van der Waals surface area contributed by atoms with Gasteiger partial charge in [-0.3, -0.25) is 19.8 Å². The van der Waals surface area contributed by atoms with Crippen molar-refractivity contribution in [2.45, 2.75) is 6.92 Å². The summed E-state index contributed by atoms with van der Waals surface area (Å²) in [6.45, 7) is 1.53. The maximum absolute atomic E-state index is 12.1. The molecule has 2 aromatic rings. The molecule has 3 amide bonds. The van der Waals surface area contributed by atoms with Crippen LogP contribution < -0.4 is 31.0 Å². The van der Waals surface area contributed by atoms with Crippen LogP contribution in [0, 0.1) is 0 Å². The number of hydrogen-bond acceptors (Lipinski definition) is 7. The van der Waals surface area contributed by atoms with Crippen LogP contribution in [0.15, 0.2) is 48.3 Å². The summed E-state index contributed by atoms with van der Waals surface area (Å²) in [6.07, 6.45) is 2.57. The van der Waals surface area contributed by atoms with E-state index < -0.39 is 17.7 Å². The monoisotopic (exact) mass is 433 g/mol. The fourth-order valence-electron chi connectivity index (χ4n) is 2.15. The number of halogens is 1. The van der Waals surface area contributed by atoms with Gasteiger partial charge in [0.1, 0.15) is 17.3 Å². The summed E-state index contributed by atoms with van der Waals surface area (Å²) in [7, 11) is 2.90. The van der Waals surface area contributed by atoms with E-state index in [1.54, 1.807) is 18.2 Å². The van der Waals surface area contributed by atoms with Crippen molar-refractivity contribution in [3.05, 3.63) is 53.3 Å². The molecule has 0 aliphatic carbocycles. The summed E-state index contributed by atoms with van der Waals surface area (Å²) in [5, 5.41) is 5.39. The van der Waals surface area contributed by atoms with Gasteiger partial charge in [-0.25, -0.2) is 4.98 Å². The van der Waals surface area contributed by atoms with Crippen molar-refractivity contribution in [2.24, 2.45) is 0 Å². The maximum Gasteiger partial charge on any atom is 0.327 e. The van der Waals surface area contributed by atoms with Crippen molar-refractivity contribution in [3.63, 3.8) is 0 Å². The molecule has 0 saturated carbocycles. The first kappa shape index (κ1) is 22.5. The summed E-state index contributed by atoms with van der Waals surface area (Å²) < 4.78 is 10.2. The lowest BCUT2D eigenvalue weighted by Crippen LogP contribution is -2.43. The van der Waals surface area contributed by atoms with Gasteiger partial charge in [0.05, 0.1) is 24.9 Å². The molecule has 0 unspecified atom stereocenters. The van der Waals surface area contributed by atoms with Crippen molar-refractivity contribution >= 4 is 40.8 Å². The first-order chi connectivity index (χ1) is 14.3. The Balaban J connectivity index is 1.89. The Morgan fingerprint density at radius 3 is 2.40 bits per heavy atom. The minimum Gasteiger partial charge on any atom is -0.497 e. The number of carbonyl (C=O) groups excluding carboxylic acids is 3. The third kappa shape index (κ3) is 6.67. The number of pyridine rings is 1. The van der Waals surface area contributed by atoms with Crippen molar-refractivity contribution in [3.8, 4) is 11.5 Å². The van der Waals surface area contributed by atoms with Crippen molar-refractivity contribution in [1.29, 1.82) is 0 Å². The number of nitrogens with zero attached hydrogens (tertiary/aromatic N) is 1. The molecule has 0 spiro atoms. The van der Waals surface area contributed by atoms with Gasteiger partial charge in [0, 0.05) is 24.0 Å². The van der Waals surface area contributed by atoms with Crippen LogP contribution in [-0.2, 0) is 14.4 Å². The van der Waals surface area contributed by atoms with Gasteiger partial charge in [0.25, 0.3) is 5.91 Å². The van der Waals surface area contributed by atoms with Crippen LogP contribution in [0.3, 0.4) is 0 Å². The quantitative estimate of drug-likeness (QED) is 0.298. The van der Waals surface area contributed by atoms with Gasteiger partial charge in [0.2, 0.25) is 0 Å². The molecule has 158 valence electrons. The SMILES string of the molecule is COc1ccc(OC)c(NC(=O)C(=O)NN/C(C)=C\C(=O)Nc2ccc(Cl)cn2)c1. The zero-order valence-electron chi connectivity index (χ0n) is 16.4. The smallest absolute Gasteiger partial charge is 0.327 e. The van der Waals surface area contributed by atoms with E-state index in [1.165, 1.54) is 45.5 Å². The average molecular weight is 434 g/mol. The van der Waals surface area contributed by atoms with Crippen LogP contribution in [0.2, 0.25) is 5.02 Å². The van der Waals surface area contributed by atoms with Gasteiger partial charge in [-0.2, -0.15) is 0 Å². The Labute approximate surface area is 177 Å². The number of anilines is 2. The Morgan fingerprint density at radius 2 is 1.77 bits per heavy atom. The summed E-state index contributed by atoms with van der Waals surface area (Å²) in [4.78, 5) is 40.0. The Morgan fingerprint density at radius 1 is 1.00 bits per heavy atom. The molecule has 1 aromatic carbocycles. The second-order valence-electron chi connectivity index (χ2n) is 5.78. The highest BCUT2D eigenvalue weighted by molar-refractivity contribution is 6.39. The van der Waals surface area contributed by atoms with Crippen LogP contribution in [0.4, 0.5) is 11.5 Å². The van der Waals surface area contributed by atoms with E-state index in [0.29, 0.717) is 22.3 Å². The lowest BCUT2D eigenvalue weighted by atomic mass is 10.2. The molecule has 2 rings (SSSR count). The molecular formula is C19H20ClN5O5. The lowest BCUT2D eigenvalue weighted by molar-refractivity contribution is -0.136. The predicted octanol–water partition coefficient (Wildman–Crippen LogP) is 1.85. The number of aromatic nitrogens is 1. The Bertz CT molecular complexity index is 962. The van der Waals surface area contributed by atoms with E-state index in [0.717, 1.165) is 0 Å². The minimum absolute atomic E-state index is 0.263. The topological polar surface area (TPSA) is 131 Å². The van der Waals surface area contributed by atoms with E-state index in [4.69, 9.17) is 21.1 Å². The molecule has 0 aliphatic heterocycles. The second-order valence-corrected chi connectivity index (χ2v) is 6.21. The molecule has 30 heavy (non-hydrogen) atoms. The molecule has 0 radical (unpaired) electrons. The normalized spacial score (nSPS) is 10.6. The van der Waals surface area contributed by atoms with E-state index >= 15 is 0 Å². The van der Waals surface area contributed by atoms with E-state index in [1.807, 2.05) is 0 Å². The van der Waals surface area contributed by atoms with Gasteiger partial charge in [-0.05, 0) is 31.2 Å². The molecule has 0 atom stereocenters. The number of methoxy groups -OCH3 is 2. The summed E-state index contributed by atoms with van der Waals surface area (Å²) in [6, 6.07) is 7.86. The molecule has 0 bridgehead atoms. The van der Waals surface area contributed by atoms with Gasteiger partial charge in [0.15, 0.2) is 0 Å². The van der Waals surface area contributed by atoms with Crippen molar-refractivity contribution in [1.82, 2.24) is 15.8 Å². The second kappa shape index (κ2) is 10.7. The van der Waals surface area contributed by atoms with Gasteiger partial charge < -0.3 is 25.5 Å². The summed E-state index contributed by atoms with van der Waals surface area (Å²) in [5.41, 5.74) is 5.20. The van der Waals surface area contributed by atoms with Crippen LogP contribution in [0.25, 0.3) is 0 Å². The number of allylic oxidation sites excluding steroid dienone is 1. The standard InChI is InChI=1S/C19H20ClN5O5/c1-11(8-17(26)23-16-7-4-12(20)10-21-16)24-25-19(28)18(27)22-14-9-13(29-2)5-6-15(14)30-3/h4-10,24H,1-3H3,(H,22,27)(H,25,28)(H,21,23,26)/b11-8-. The maximum atomic E-state index is 12.1. The number of hydrazine groups is 1. The number of ether oxygens (including phenoxy) is 2. The zero-order valence-corrected chi connectivity index (χ0v) is 17.2. The zero-order chi connectivity index (χ0) is 22.1. The number of nitrogens with one attached hydrogen (secondary N) is 4. The van der Waals surface area contributed by atoms with Crippen LogP contribution >= 0.6 is 11.6 Å². The fraction of sp³-hybridized carbons (Fsp3) is 0.158. The van der Waals surface area contributed by atoms with Gasteiger partial charge in [-0.15, -0.1) is 0 Å². The average Bonchev–Trinajstić information content (AvgIpc) is 2.73. The lowest BCUT2D eigenvalue weighted by Gasteiger charge is -2.12. The first-order valence-corrected chi connectivity index (χ1v) is 8.90. The third-order valence-corrected chi connectivity index (χ3v) is 3.78. The van der Waals surface area contributed by atoms with Crippen LogP contribution in [-0.4, -0.2) is 36.9 Å². The van der Waals surface area contributed by atoms with Crippen molar-refractivity contribution < 1.29 is 23.9 Å². The van der Waals surface area contributed by atoms with Crippen molar-refractivity contribution in [2.75, 3.05) is 24.9 Å². The Kier molecular flexibility index (Phi) is 8.00. The summed E-state index contributed by atoms with van der Waals surface area (Å²) >= 11 is 5.73. The number of amides is 3. The molecule has 0 aliphatic rings. The van der Waals surface area contributed by atoms with E-state index in [9.17, 15) is 14.4 Å². The number of hydrogen-bond donors (Lipinski definition) is 4. The van der Waals surface area contributed by atoms with E-state index in [-0.39, 0.29) is 11.4 Å². The largest absolute Gasteiger partial charge is 0.497 e. The number of carbonyl (C=O) groups is 3. The summed E-state index contributed by atoms with van der Waals surface area (Å²) in [5.74, 6) is -1.28. The molecule has 11 heteroatoms. The predicted molar refractivity (Wildman–Crippen MR) is 111 cm³/mol. The first-order valence-electron chi connectivity index (χ1n) is 8.52. The molecule has 1 aromatic heterocycles. The number of benzene rings is 1. The highest BCUT2D eigenvalue weighted by Crippen LogP contribution is 2.28. The van der Waals surface area contributed by atoms with Gasteiger partial charge >= 0.3 is 11.8 Å². The fourth-order valence-corrected chi connectivity index (χ4v) is 2.26. The van der Waals surface area contributed by atoms with Crippen LogP contribution in [0.5, 0.6) is 11.5 Å². The molecule has 0 fully saturated rings. The minimum atomic E-state index is -0.979. The number of rotatable bonds is 7. The molecule has 0 saturated heterocycles. The molecule has 10 nitrogen and oxygen atoms in total. The molecular weight excluding hydrogens is 414 g/mol. The van der Waals surface area contributed by atoms with Crippen LogP contribution in [0.1, 0.15) is 6.92 Å². The highest BCUT2D eigenvalue weighted by atomic mass is 35.5. The highest BCUT2D eigenvalue weighted by Gasteiger charge is 2.16.